The minimum atomic E-state index is -0.520. The summed E-state index contributed by atoms with van der Waals surface area (Å²) in [6.45, 7) is 4.56. The highest BCUT2D eigenvalue weighted by molar-refractivity contribution is 5.87. The summed E-state index contributed by atoms with van der Waals surface area (Å²) in [6.07, 6.45) is 5.26. The third kappa shape index (κ3) is 3.95. The van der Waals surface area contributed by atoms with Gasteiger partial charge in [0.1, 0.15) is 5.75 Å². The number of imidazole rings is 1. The predicted octanol–water partition coefficient (Wildman–Crippen LogP) is 4.09. The Morgan fingerprint density at radius 1 is 1.17 bits per heavy atom. The van der Waals surface area contributed by atoms with Crippen LogP contribution in [0.5, 0.6) is 17.2 Å². The highest BCUT2D eigenvalue weighted by Gasteiger charge is 2.30. The van der Waals surface area contributed by atoms with E-state index in [1.165, 1.54) is 25.3 Å². The summed E-state index contributed by atoms with van der Waals surface area (Å²) < 4.78 is 28.2. The predicted molar refractivity (Wildman–Crippen MR) is 129 cm³/mol. The van der Waals surface area contributed by atoms with Crippen molar-refractivity contribution in [1.29, 1.82) is 0 Å². The number of hydrogen-bond donors (Lipinski definition) is 0. The lowest BCUT2D eigenvalue weighted by Crippen LogP contribution is -2.31. The summed E-state index contributed by atoms with van der Waals surface area (Å²) >= 11 is 0. The van der Waals surface area contributed by atoms with Crippen molar-refractivity contribution < 1.29 is 18.7 Å². The van der Waals surface area contributed by atoms with Gasteiger partial charge in [-0.2, -0.15) is 0 Å². The fourth-order valence-electron chi connectivity index (χ4n) is 4.51. The second-order valence-corrected chi connectivity index (χ2v) is 8.15. The third-order valence-electron chi connectivity index (χ3n) is 6.15. The maximum atomic E-state index is 14.0. The number of amides is 1. The molecule has 3 heterocycles. The van der Waals surface area contributed by atoms with E-state index in [2.05, 4.69) is 11.6 Å². The standard InChI is InChI=1S/C26H23FN4O4/c1-3-24(32)29-14-12-18(16-29)31-21-11-13-28-15-22(21)30(26(31)33)17-7-9-19(10-8-17)35-23-6-4-5-20(27)25(23)34-2/h3-11,13,15,18H,1,12,14,16H2,2H3/t18-/m1/s1. The van der Waals surface area contributed by atoms with Crippen molar-refractivity contribution in [2.75, 3.05) is 20.2 Å². The largest absolute Gasteiger partial charge is 0.490 e. The molecule has 8 nitrogen and oxygen atoms in total. The average Bonchev–Trinajstić information content (AvgIpc) is 3.46. The molecule has 5 rings (SSSR count). The molecule has 1 atom stereocenters. The van der Waals surface area contributed by atoms with Crippen LogP contribution < -0.4 is 15.2 Å². The summed E-state index contributed by atoms with van der Waals surface area (Å²) in [5.74, 6) is 0.0627. The van der Waals surface area contributed by atoms with E-state index in [4.69, 9.17) is 9.47 Å². The van der Waals surface area contributed by atoms with Gasteiger partial charge < -0.3 is 14.4 Å². The zero-order chi connectivity index (χ0) is 24.5. The number of hydrogen-bond acceptors (Lipinski definition) is 5. The highest BCUT2D eigenvalue weighted by atomic mass is 19.1. The van der Waals surface area contributed by atoms with Gasteiger partial charge in [-0.15, -0.1) is 0 Å². The van der Waals surface area contributed by atoms with Gasteiger partial charge in [-0.1, -0.05) is 12.6 Å². The van der Waals surface area contributed by atoms with Gasteiger partial charge in [0.05, 0.1) is 36.1 Å². The molecule has 0 aliphatic carbocycles. The Labute approximate surface area is 200 Å². The quantitative estimate of drug-likeness (QED) is 0.394. The van der Waals surface area contributed by atoms with Crippen molar-refractivity contribution in [2.45, 2.75) is 12.5 Å². The normalized spacial score (nSPS) is 15.4. The van der Waals surface area contributed by atoms with E-state index in [0.717, 1.165) is 5.52 Å². The number of rotatable bonds is 6. The van der Waals surface area contributed by atoms with E-state index in [9.17, 15) is 14.0 Å². The van der Waals surface area contributed by atoms with Crippen LogP contribution in [0.15, 0.2) is 78.4 Å². The van der Waals surface area contributed by atoms with Gasteiger partial charge in [0.2, 0.25) is 5.91 Å². The molecule has 1 fully saturated rings. The fraction of sp³-hybridized carbons (Fsp3) is 0.192. The lowest BCUT2D eigenvalue weighted by atomic mass is 10.2. The minimum absolute atomic E-state index is 0.0162. The second kappa shape index (κ2) is 9.09. The molecule has 0 N–H and O–H groups in total. The van der Waals surface area contributed by atoms with E-state index in [1.54, 1.807) is 62.8 Å². The van der Waals surface area contributed by atoms with Gasteiger partial charge in [-0.3, -0.25) is 18.9 Å². The number of likely N-dealkylation sites (tertiary alicyclic amines) is 1. The molecular weight excluding hydrogens is 451 g/mol. The maximum Gasteiger partial charge on any atom is 0.334 e. The van der Waals surface area contributed by atoms with Crippen LogP contribution in [0.1, 0.15) is 12.5 Å². The number of benzene rings is 2. The lowest BCUT2D eigenvalue weighted by molar-refractivity contribution is -0.125. The number of nitrogens with zero attached hydrogens (tertiary/aromatic N) is 4. The number of aromatic nitrogens is 3. The zero-order valence-electron chi connectivity index (χ0n) is 19.1. The van der Waals surface area contributed by atoms with E-state index < -0.39 is 5.82 Å². The summed E-state index contributed by atoms with van der Waals surface area (Å²) in [6, 6.07) is 13.0. The van der Waals surface area contributed by atoms with Gasteiger partial charge in [0.15, 0.2) is 17.3 Å². The molecule has 0 radical (unpaired) electrons. The molecular formula is C26H23FN4O4. The molecule has 9 heteroatoms. The third-order valence-corrected chi connectivity index (χ3v) is 6.15. The van der Waals surface area contributed by atoms with Gasteiger partial charge in [-0.25, -0.2) is 9.18 Å². The molecule has 35 heavy (non-hydrogen) atoms. The minimum Gasteiger partial charge on any atom is -0.490 e. The molecule has 0 unspecified atom stereocenters. The zero-order valence-corrected chi connectivity index (χ0v) is 19.1. The molecule has 0 bridgehead atoms. The maximum absolute atomic E-state index is 14.0. The number of pyridine rings is 1. The van der Waals surface area contributed by atoms with Gasteiger partial charge in [0, 0.05) is 19.3 Å². The Morgan fingerprint density at radius 2 is 1.97 bits per heavy atom. The molecule has 0 saturated carbocycles. The molecule has 4 aromatic rings. The molecule has 1 aliphatic heterocycles. The van der Waals surface area contributed by atoms with E-state index in [-0.39, 0.29) is 29.1 Å². The van der Waals surface area contributed by atoms with E-state index >= 15 is 0 Å². The molecule has 0 spiro atoms. The first-order chi connectivity index (χ1) is 17.0. The molecule has 178 valence electrons. The Kier molecular flexibility index (Phi) is 5.82. The molecule has 1 amide bonds. The van der Waals surface area contributed by atoms with Crippen LogP contribution in [0, 0.1) is 5.82 Å². The monoisotopic (exact) mass is 474 g/mol. The number of carbonyl (C=O) groups excluding carboxylic acids is 1. The number of halogens is 1. The van der Waals surface area contributed by atoms with Crippen molar-refractivity contribution in [2.24, 2.45) is 0 Å². The van der Waals surface area contributed by atoms with Crippen molar-refractivity contribution in [3.05, 3.63) is 89.9 Å². The van der Waals surface area contributed by atoms with Crippen molar-refractivity contribution in [3.63, 3.8) is 0 Å². The SMILES string of the molecule is C=CC(=O)N1CC[C@@H](n2c(=O)n(-c3ccc(Oc4cccc(F)c4OC)cc3)c3cnccc32)C1. The Balaban J connectivity index is 1.50. The van der Waals surface area contributed by atoms with Crippen molar-refractivity contribution >= 4 is 16.9 Å². The van der Waals surface area contributed by atoms with Crippen LogP contribution >= 0.6 is 0 Å². The molecule has 2 aromatic heterocycles. The second-order valence-electron chi connectivity index (χ2n) is 8.15. The number of para-hydroxylation sites is 1. The molecule has 1 saturated heterocycles. The Bertz CT molecular complexity index is 1480. The van der Waals surface area contributed by atoms with Crippen LogP contribution in [-0.2, 0) is 4.79 Å². The number of carbonyl (C=O) groups is 1. The summed E-state index contributed by atoms with van der Waals surface area (Å²) in [7, 11) is 1.38. The first kappa shape index (κ1) is 22.4. The Morgan fingerprint density at radius 3 is 2.71 bits per heavy atom. The Hall–Kier alpha value is -4.40. The van der Waals surface area contributed by atoms with Crippen LogP contribution in [0.25, 0.3) is 16.7 Å². The number of methoxy groups -OCH3 is 1. The smallest absolute Gasteiger partial charge is 0.334 e. The summed E-state index contributed by atoms with van der Waals surface area (Å²) in [5, 5.41) is 0. The van der Waals surface area contributed by atoms with E-state index in [0.29, 0.717) is 36.5 Å². The van der Waals surface area contributed by atoms with Gasteiger partial charge >= 0.3 is 5.69 Å². The van der Waals surface area contributed by atoms with Gasteiger partial charge in [-0.05, 0) is 55.0 Å². The van der Waals surface area contributed by atoms with Crippen LogP contribution in [0.4, 0.5) is 4.39 Å². The summed E-state index contributed by atoms with van der Waals surface area (Å²) in [4.78, 5) is 31.6. The van der Waals surface area contributed by atoms with Crippen LogP contribution in [0.2, 0.25) is 0 Å². The fourth-order valence-corrected chi connectivity index (χ4v) is 4.51. The topological polar surface area (TPSA) is 78.6 Å². The van der Waals surface area contributed by atoms with Crippen LogP contribution in [0.3, 0.4) is 0 Å². The molecule has 1 aliphatic rings. The van der Waals surface area contributed by atoms with Crippen LogP contribution in [-0.4, -0.2) is 45.1 Å². The molecule has 2 aromatic carbocycles. The van der Waals surface area contributed by atoms with Crippen molar-refractivity contribution in [3.8, 4) is 22.9 Å². The van der Waals surface area contributed by atoms with E-state index in [1.807, 2.05) is 0 Å². The first-order valence-electron chi connectivity index (χ1n) is 11.1. The number of ether oxygens (including phenoxy) is 2. The number of fused-ring (bicyclic) bond motifs is 1. The van der Waals surface area contributed by atoms with Crippen molar-refractivity contribution in [1.82, 2.24) is 19.0 Å². The first-order valence-corrected chi connectivity index (χ1v) is 11.1. The van der Waals surface area contributed by atoms with Gasteiger partial charge in [0.25, 0.3) is 0 Å². The average molecular weight is 474 g/mol. The highest BCUT2D eigenvalue weighted by Crippen LogP contribution is 2.34. The lowest BCUT2D eigenvalue weighted by Gasteiger charge is -2.15. The summed E-state index contributed by atoms with van der Waals surface area (Å²) in [5.41, 5.74) is 1.81.